The molecular weight excluding hydrogens is 264 g/mol. The molecule has 9 nitrogen and oxygen atoms in total. The number of carbonyl (C=O) groups is 2. The van der Waals surface area contributed by atoms with Crippen molar-refractivity contribution in [1.82, 2.24) is 0 Å². The Labute approximate surface area is 110 Å². The van der Waals surface area contributed by atoms with Crippen molar-refractivity contribution in [2.45, 2.75) is 19.1 Å². The molecule has 0 aromatic carbocycles. The van der Waals surface area contributed by atoms with Crippen LogP contribution >= 0.6 is 0 Å². The molecule has 0 saturated carbocycles. The smallest absolute Gasteiger partial charge is 0.336 e. The summed E-state index contributed by atoms with van der Waals surface area (Å²) in [6.45, 7) is 2.23. The summed E-state index contributed by atoms with van der Waals surface area (Å²) in [5.41, 5.74) is 0. The number of aliphatic hydroxyl groups is 3. The summed E-state index contributed by atoms with van der Waals surface area (Å²) < 4.78 is 9.13. The first-order valence-corrected chi connectivity index (χ1v) is 5.47. The first-order chi connectivity index (χ1) is 8.92. The van der Waals surface area contributed by atoms with E-state index in [2.05, 4.69) is 9.47 Å². The van der Waals surface area contributed by atoms with Crippen LogP contribution in [-0.4, -0.2) is 82.7 Å². The van der Waals surface area contributed by atoms with Gasteiger partial charge in [0.2, 0.25) is 0 Å². The fourth-order valence-corrected chi connectivity index (χ4v) is 0.838. The van der Waals surface area contributed by atoms with Gasteiger partial charge in [-0.2, -0.15) is 0 Å². The number of rotatable bonds is 9. The maximum absolute atomic E-state index is 10.3. The molecule has 9 heteroatoms. The molecule has 0 aliphatic heterocycles. The molecule has 0 spiro atoms. The van der Waals surface area contributed by atoms with Gasteiger partial charge in [-0.1, -0.05) is 0 Å². The lowest BCUT2D eigenvalue weighted by molar-refractivity contribution is -0.170. The summed E-state index contributed by atoms with van der Waals surface area (Å²) in [5.74, 6) is -3.11. The molecular formula is C10H20O9. The van der Waals surface area contributed by atoms with E-state index in [0.717, 1.165) is 0 Å². The summed E-state index contributed by atoms with van der Waals surface area (Å²) >= 11 is 0. The van der Waals surface area contributed by atoms with E-state index in [4.69, 9.17) is 25.5 Å². The zero-order valence-corrected chi connectivity index (χ0v) is 10.6. The summed E-state index contributed by atoms with van der Waals surface area (Å²) in [7, 11) is 0. The van der Waals surface area contributed by atoms with Gasteiger partial charge in [-0.3, -0.25) is 0 Å². The van der Waals surface area contributed by atoms with Crippen molar-refractivity contribution in [2.24, 2.45) is 0 Å². The molecule has 0 rings (SSSR count). The predicted octanol–water partition coefficient (Wildman–Crippen LogP) is -2.09. The number of carboxylic acid groups (broad SMARTS) is 2. The molecule has 114 valence electrons. The van der Waals surface area contributed by atoms with Crippen LogP contribution in [0.15, 0.2) is 0 Å². The van der Waals surface area contributed by atoms with Crippen LogP contribution in [0.1, 0.15) is 6.92 Å². The highest BCUT2D eigenvalue weighted by Gasteiger charge is 2.32. The van der Waals surface area contributed by atoms with E-state index < -0.39 is 24.1 Å². The van der Waals surface area contributed by atoms with Crippen molar-refractivity contribution in [3.05, 3.63) is 0 Å². The second-order valence-corrected chi connectivity index (χ2v) is 3.06. The van der Waals surface area contributed by atoms with E-state index in [1.165, 1.54) is 6.92 Å². The second kappa shape index (κ2) is 13.2. The SMILES string of the molecule is CCOC(C(=O)O)C(O)C(=O)O.OCCOCCO. The maximum Gasteiger partial charge on any atom is 0.336 e. The number of aliphatic carboxylic acids is 2. The van der Waals surface area contributed by atoms with Gasteiger partial charge in [0.1, 0.15) is 0 Å². The van der Waals surface area contributed by atoms with E-state index in [0.29, 0.717) is 13.2 Å². The minimum atomic E-state index is -2.03. The Morgan fingerprint density at radius 3 is 1.79 bits per heavy atom. The average Bonchev–Trinajstić information content (AvgIpc) is 2.36. The van der Waals surface area contributed by atoms with Crippen LogP contribution in [0.4, 0.5) is 0 Å². The van der Waals surface area contributed by atoms with E-state index in [-0.39, 0.29) is 19.8 Å². The predicted molar refractivity (Wildman–Crippen MR) is 61.7 cm³/mol. The van der Waals surface area contributed by atoms with Gasteiger partial charge < -0.3 is 35.0 Å². The van der Waals surface area contributed by atoms with Gasteiger partial charge in [0.15, 0.2) is 12.2 Å². The molecule has 0 saturated heterocycles. The highest BCUT2D eigenvalue weighted by molar-refractivity contribution is 5.83. The molecule has 0 aromatic rings. The van der Waals surface area contributed by atoms with E-state index in [9.17, 15) is 9.59 Å². The van der Waals surface area contributed by atoms with Crippen LogP contribution in [0.2, 0.25) is 0 Å². The molecule has 0 aromatic heterocycles. The molecule has 19 heavy (non-hydrogen) atoms. The third-order valence-corrected chi connectivity index (χ3v) is 1.60. The van der Waals surface area contributed by atoms with E-state index >= 15 is 0 Å². The average molecular weight is 284 g/mol. The minimum absolute atomic E-state index is 0.0278. The lowest BCUT2D eigenvalue weighted by Gasteiger charge is -2.14. The monoisotopic (exact) mass is 284 g/mol. The van der Waals surface area contributed by atoms with Gasteiger partial charge in [-0.05, 0) is 6.92 Å². The number of hydrogen-bond donors (Lipinski definition) is 5. The molecule has 2 unspecified atom stereocenters. The van der Waals surface area contributed by atoms with Crippen LogP contribution in [-0.2, 0) is 19.1 Å². The molecule has 0 bridgehead atoms. The highest BCUT2D eigenvalue weighted by atomic mass is 16.5. The highest BCUT2D eigenvalue weighted by Crippen LogP contribution is 2.00. The number of hydrogen-bond acceptors (Lipinski definition) is 7. The number of carboxylic acids is 2. The zero-order valence-electron chi connectivity index (χ0n) is 10.6. The molecule has 0 aliphatic rings. The van der Waals surface area contributed by atoms with Crippen molar-refractivity contribution >= 4 is 11.9 Å². The number of ether oxygens (including phenoxy) is 2. The van der Waals surface area contributed by atoms with Crippen LogP contribution in [0.3, 0.4) is 0 Å². The Balaban J connectivity index is 0. The van der Waals surface area contributed by atoms with E-state index in [1.54, 1.807) is 0 Å². The third-order valence-electron chi connectivity index (χ3n) is 1.60. The van der Waals surface area contributed by atoms with E-state index in [1.807, 2.05) is 0 Å². The molecule has 0 fully saturated rings. The van der Waals surface area contributed by atoms with Crippen LogP contribution in [0.25, 0.3) is 0 Å². The maximum atomic E-state index is 10.3. The van der Waals surface area contributed by atoms with Gasteiger partial charge in [0.05, 0.1) is 26.4 Å². The first kappa shape index (κ1) is 20.1. The lowest BCUT2D eigenvalue weighted by atomic mass is 10.2. The first-order valence-electron chi connectivity index (χ1n) is 5.47. The van der Waals surface area contributed by atoms with Crippen molar-refractivity contribution in [1.29, 1.82) is 0 Å². The second-order valence-electron chi connectivity index (χ2n) is 3.06. The fraction of sp³-hybridized carbons (Fsp3) is 0.800. The molecule has 5 N–H and O–H groups in total. The van der Waals surface area contributed by atoms with Crippen molar-refractivity contribution in [2.75, 3.05) is 33.0 Å². The minimum Gasteiger partial charge on any atom is -0.479 e. The third kappa shape index (κ3) is 11.6. The van der Waals surface area contributed by atoms with Gasteiger partial charge in [0, 0.05) is 6.61 Å². The van der Waals surface area contributed by atoms with Gasteiger partial charge in [0.25, 0.3) is 0 Å². The van der Waals surface area contributed by atoms with Crippen molar-refractivity contribution < 1.29 is 44.6 Å². The number of aliphatic hydroxyl groups excluding tert-OH is 3. The normalized spacial score (nSPS) is 13.1. The Bertz CT molecular complexity index is 239. The fourth-order valence-electron chi connectivity index (χ4n) is 0.838. The molecule has 0 radical (unpaired) electrons. The Kier molecular flexibility index (Phi) is 13.9. The van der Waals surface area contributed by atoms with Crippen LogP contribution in [0, 0.1) is 0 Å². The molecule has 2 atom stereocenters. The van der Waals surface area contributed by atoms with Crippen LogP contribution < -0.4 is 0 Å². The topological polar surface area (TPSA) is 154 Å². The van der Waals surface area contributed by atoms with Gasteiger partial charge >= 0.3 is 11.9 Å². The molecule has 0 heterocycles. The Morgan fingerprint density at radius 2 is 1.53 bits per heavy atom. The summed E-state index contributed by atoms with van der Waals surface area (Å²) in [6.07, 6.45) is -3.73. The quantitative estimate of drug-likeness (QED) is 0.300. The standard InChI is InChI=1S/C6H10O6.C4H10O3/c1-2-12-4(6(10)11)3(7)5(8)9;5-1-3-7-4-2-6/h3-4,7H,2H2,1H3,(H,8,9)(H,10,11);5-6H,1-4H2. The Morgan fingerprint density at radius 1 is 1.05 bits per heavy atom. The summed E-state index contributed by atoms with van der Waals surface area (Å²) in [4.78, 5) is 20.4. The zero-order chi connectivity index (χ0) is 15.3. The Hall–Kier alpha value is -1.26. The summed E-state index contributed by atoms with van der Waals surface area (Å²) in [5, 5.41) is 41.6. The van der Waals surface area contributed by atoms with Gasteiger partial charge in [-0.25, -0.2) is 9.59 Å². The van der Waals surface area contributed by atoms with Gasteiger partial charge in [-0.15, -0.1) is 0 Å². The largest absolute Gasteiger partial charge is 0.479 e. The lowest BCUT2D eigenvalue weighted by Crippen LogP contribution is -2.41. The molecule has 0 amide bonds. The summed E-state index contributed by atoms with van der Waals surface area (Å²) in [6, 6.07) is 0. The van der Waals surface area contributed by atoms with Crippen molar-refractivity contribution in [3.8, 4) is 0 Å². The molecule has 0 aliphatic carbocycles. The van der Waals surface area contributed by atoms with Crippen molar-refractivity contribution in [3.63, 3.8) is 0 Å². The van der Waals surface area contributed by atoms with Crippen LogP contribution in [0.5, 0.6) is 0 Å².